The second-order valence-corrected chi connectivity index (χ2v) is 4.74. The van der Waals surface area contributed by atoms with Crippen molar-refractivity contribution in [3.05, 3.63) is 47.4 Å². The van der Waals surface area contributed by atoms with Crippen molar-refractivity contribution < 1.29 is 0 Å². The lowest BCUT2D eigenvalue weighted by molar-refractivity contribution is 0.768. The fraction of sp³-hybridized carbons (Fsp3) is 0.143. The highest BCUT2D eigenvalue weighted by atomic mass is 35.5. The lowest BCUT2D eigenvalue weighted by atomic mass is 10.1. The van der Waals surface area contributed by atoms with Gasteiger partial charge in [0.1, 0.15) is 0 Å². The first-order valence-electron chi connectivity index (χ1n) is 5.70. The first kappa shape index (κ1) is 11.2. The van der Waals surface area contributed by atoms with Gasteiger partial charge in [0.2, 0.25) is 0 Å². The molecule has 0 fully saturated rings. The summed E-state index contributed by atoms with van der Waals surface area (Å²) in [5.41, 5.74) is 2.88. The van der Waals surface area contributed by atoms with E-state index >= 15 is 0 Å². The van der Waals surface area contributed by atoms with Crippen molar-refractivity contribution in [3.8, 4) is 11.3 Å². The van der Waals surface area contributed by atoms with Gasteiger partial charge in [-0.15, -0.1) is 0 Å². The zero-order valence-electron chi connectivity index (χ0n) is 10.2. The fourth-order valence-corrected chi connectivity index (χ4v) is 2.48. The minimum Gasteiger partial charge on any atom is -0.275 e. The van der Waals surface area contributed by atoms with Crippen LogP contribution < -0.4 is 0 Å². The van der Waals surface area contributed by atoms with Crippen LogP contribution in [-0.2, 0) is 7.05 Å². The number of hydrogen-bond donors (Lipinski definition) is 0. The van der Waals surface area contributed by atoms with Crippen molar-refractivity contribution in [1.82, 2.24) is 14.8 Å². The van der Waals surface area contributed by atoms with Crippen molar-refractivity contribution in [2.45, 2.75) is 6.92 Å². The quantitative estimate of drug-likeness (QED) is 0.667. The lowest BCUT2D eigenvalue weighted by Crippen LogP contribution is -1.89. The molecular weight excluding hydrogens is 246 g/mol. The number of aryl methyl sites for hydroxylation is 2. The molecule has 18 heavy (non-hydrogen) atoms. The topological polar surface area (TPSA) is 30.7 Å². The van der Waals surface area contributed by atoms with Crippen LogP contribution >= 0.6 is 11.6 Å². The molecule has 0 saturated carbocycles. The Bertz CT molecular complexity index is 731. The molecule has 0 radical (unpaired) electrons. The molecule has 0 spiro atoms. The number of benzene rings is 1. The lowest BCUT2D eigenvalue weighted by Gasteiger charge is -2.06. The maximum Gasteiger partial charge on any atom is 0.0743 e. The molecule has 4 heteroatoms. The second-order valence-electron chi connectivity index (χ2n) is 4.33. The summed E-state index contributed by atoms with van der Waals surface area (Å²) < 4.78 is 1.77. The van der Waals surface area contributed by atoms with Crippen LogP contribution in [0.1, 0.15) is 5.69 Å². The predicted octanol–water partition coefficient (Wildman–Crippen LogP) is 3.60. The summed E-state index contributed by atoms with van der Waals surface area (Å²) in [5.74, 6) is 0. The Kier molecular flexibility index (Phi) is 2.56. The van der Waals surface area contributed by atoms with Crippen molar-refractivity contribution in [1.29, 1.82) is 0 Å². The van der Waals surface area contributed by atoms with Gasteiger partial charge in [0.15, 0.2) is 0 Å². The third kappa shape index (κ3) is 1.77. The maximum absolute atomic E-state index is 6.21. The maximum atomic E-state index is 6.21. The van der Waals surface area contributed by atoms with E-state index in [4.69, 9.17) is 11.6 Å². The number of rotatable bonds is 1. The molecule has 2 heterocycles. The van der Waals surface area contributed by atoms with Crippen LogP contribution in [0.25, 0.3) is 22.0 Å². The molecule has 0 aliphatic carbocycles. The van der Waals surface area contributed by atoms with Gasteiger partial charge in [-0.2, -0.15) is 5.10 Å². The van der Waals surface area contributed by atoms with Gasteiger partial charge in [-0.1, -0.05) is 23.7 Å². The molecule has 3 nitrogen and oxygen atoms in total. The zero-order chi connectivity index (χ0) is 12.7. The van der Waals surface area contributed by atoms with Crippen molar-refractivity contribution in [2.75, 3.05) is 0 Å². The van der Waals surface area contributed by atoms with Gasteiger partial charge in [-0.3, -0.25) is 9.67 Å². The van der Waals surface area contributed by atoms with E-state index in [1.807, 2.05) is 44.6 Å². The predicted molar refractivity (Wildman–Crippen MR) is 73.7 cm³/mol. The van der Waals surface area contributed by atoms with Crippen LogP contribution in [0, 0.1) is 6.92 Å². The molecule has 0 bridgehead atoms. The van der Waals surface area contributed by atoms with E-state index in [-0.39, 0.29) is 0 Å². The summed E-state index contributed by atoms with van der Waals surface area (Å²) in [4.78, 5) is 4.61. The van der Waals surface area contributed by atoms with E-state index in [2.05, 4.69) is 16.1 Å². The highest BCUT2D eigenvalue weighted by Gasteiger charge is 2.08. The number of nitrogens with zero attached hydrogens (tertiary/aromatic N) is 3. The molecule has 3 aromatic rings. The third-order valence-corrected chi connectivity index (χ3v) is 3.30. The third-order valence-electron chi connectivity index (χ3n) is 2.99. The summed E-state index contributed by atoms with van der Waals surface area (Å²) in [5, 5.41) is 7.04. The molecule has 0 N–H and O–H groups in total. The van der Waals surface area contributed by atoms with Gasteiger partial charge in [-0.05, 0) is 24.4 Å². The van der Waals surface area contributed by atoms with Gasteiger partial charge in [0.05, 0.1) is 16.9 Å². The number of hydrogen-bond acceptors (Lipinski definition) is 2. The molecule has 2 aromatic heterocycles. The molecule has 0 aliphatic heterocycles. The number of fused-ring (bicyclic) bond motifs is 1. The number of aromatic nitrogens is 3. The van der Waals surface area contributed by atoms with Crippen LogP contribution in [-0.4, -0.2) is 14.8 Å². The number of pyridine rings is 1. The summed E-state index contributed by atoms with van der Waals surface area (Å²) in [6, 6.07) is 7.94. The average Bonchev–Trinajstić information content (AvgIpc) is 2.75. The second kappa shape index (κ2) is 4.10. The normalized spacial score (nSPS) is 11.1. The highest BCUT2D eigenvalue weighted by molar-refractivity contribution is 6.35. The molecule has 3 rings (SSSR count). The molecular formula is C14H12ClN3. The first-order chi connectivity index (χ1) is 8.65. The minimum atomic E-state index is 0.746. The van der Waals surface area contributed by atoms with E-state index in [0.717, 1.165) is 32.7 Å². The van der Waals surface area contributed by atoms with E-state index in [9.17, 15) is 0 Å². The van der Waals surface area contributed by atoms with Crippen LogP contribution in [0.3, 0.4) is 0 Å². The summed E-state index contributed by atoms with van der Waals surface area (Å²) in [6.45, 7) is 1.98. The summed E-state index contributed by atoms with van der Waals surface area (Å²) in [6.07, 6.45) is 3.77. The van der Waals surface area contributed by atoms with E-state index in [1.54, 1.807) is 4.68 Å². The summed E-state index contributed by atoms with van der Waals surface area (Å²) in [7, 11) is 1.90. The molecule has 0 unspecified atom stereocenters. The Morgan fingerprint density at radius 2 is 2.11 bits per heavy atom. The monoisotopic (exact) mass is 257 g/mol. The molecule has 90 valence electrons. The SMILES string of the molecule is Cc1nc(-c2cnn(C)c2)cc2cccc(Cl)c12. The standard InChI is InChI=1S/C14H12ClN3/c1-9-14-10(4-3-5-12(14)15)6-13(17-9)11-7-16-18(2)8-11/h3-8H,1-2H3. The van der Waals surface area contributed by atoms with Crippen LogP contribution in [0.5, 0.6) is 0 Å². The van der Waals surface area contributed by atoms with Crippen molar-refractivity contribution >= 4 is 22.4 Å². The Morgan fingerprint density at radius 1 is 1.28 bits per heavy atom. The van der Waals surface area contributed by atoms with E-state index in [1.165, 1.54) is 0 Å². The van der Waals surface area contributed by atoms with Gasteiger partial charge >= 0.3 is 0 Å². The molecule has 0 aliphatic rings. The van der Waals surface area contributed by atoms with Crippen molar-refractivity contribution in [3.63, 3.8) is 0 Å². The fourth-order valence-electron chi connectivity index (χ4n) is 2.16. The van der Waals surface area contributed by atoms with Crippen molar-refractivity contribution in [2.24, 2.45) is 7.05 Å². The Balaban J connectivity index is 2.28. The van der Waals surface area contributed by atoms with Crippen LogP contribution in [0.2, 0.25) is 5.02 Å². The Hall–Kier alpha value is -1.87. The summed E-state index contributed by atoms with van der Waals surface area (Å²) >= 11 is 6.21. The van der Waals surface area contributed by atoms with Gasteiger partial charge in [0, 0.05) is 29.9 Å². The van der Waals surface area contributed by atoms with Crippen LogP contribution in [0.4, 0.5) is 0 Å². The Labute approximate surface area is 110 Å². The molecule has 0 saturated heterocycles. The van der Waals surface area contributed by atoms with E-state index in [0.29, 0.717) is 0 Å². The minimum absolute atomic E-state index is 0.746. The van der Waals surface area contributed by atoms with Gasteiger partial charge in [-0.25, -0.2) is 0 Å². The van der Waals surface area contributed by atoms with Gasteiger partial charge < -0.3 is 0 Å². The average molecular weight is 258 g/mol. The molecule has 0 amide bonds. The highest BCUT2D eigenvalue weighted by Crippen LogP contribution is 2.29. The van der Waals surface area contributed by atoms with E-state index < -0.39 is 0 Å². The zero-order valence-corrected chi connectivity index (χ0v) is 10.9. The smallest absolute Gasteiger partial charge is 0.0743 e. The largest absolute Gasteiger partial charge is 0.275 e. The molecule has 0 atom stereocenters. The molecule has 1 aromatic carbocycles. The van der Waals surface area contributed by atoms with Gasteiger partial charge in [0.25, 0.3) is 0 Å². The number of halogens is 1. The first-order valence-corrected chi connectivity index (χ1v) is 6.08. The Morgan fingerprint density at radius 3 is 2.83 bits per heavy atom. The van der Waals surface area contributed by atoms with Crippen LogP contribution in [0.15, 0.2) is 36.7 Å².